The highest BCUT2D eigenvalue weighted by Crippen LogP contribution is 2.33. The number of halogens is 4. The monoisotopic (exact) mass is 397 g/mol. The second-order valence-electron chi connectivity index (χ2n) is 4.65. The fourth-order valence-corrected chi connectivity index (χ4v) is 2.89. The number of aromatic nitrogens is 3. The first-order chi connectivity index (χ1) is 9.47. The quantitative estimate of drug-likeness (QED) is 0.689. The van der Waals surface area contributed by atoms with Gasteiger partial charge in [0.1, 0.15) is 3.70 Å². The molecule has 1 atom stereocenters. The van der Waals surface area contributed by atoms with Crippen molar-refractivity contribution in [1.29, 1.82) is 0 Å². The summed E-state index contributed by atoms with van der Waals surface area (Å²) in [4.78, 5) is 3.94. The van der Waals surface area contributed by atoms with Crippen LogP contribution < -0.4 is 0 Å². The molecule has 0 bridgehead atoms. The van der Waals surface area contributed by atoms with E-state index in [0.717, 1.165) is 31.5 Å². The Morgan fingerprint density at radius 2 is 2.15 bits per heavy atom. The molecule has 0 aromatic carbocycles. The van der Waals surface area contributed by atoms with Crippen LogP contribution in [0.15, 0.2) is 12.3 Å². The molecule has 1 unspecified atom stereocenters. The summed E-state index contributed by atoms with van der Waals surface area (Å²) in [6.07, 6.45) is -0.969. The van der Waals surface area contributed by atoms with Crippen LogP contribution in [0.3, 0.4) is 0 Å². The van der Waals surface area contributed by atoms with Crippen molar-refractivity contribution in [3.63, 3.8) is 0 Å². The Hall–Kier alpha value is -0.900. The summed E-state index contributed by atoms with van der Waals surface area (Å²) >= 11 is 1.93. The maximum absolute atomic E-state index is 12.7. The largest absolute Gasteiger partial charge is 0.417 e. The minimum Gasteiger partial charge on any atom is -0.356 e. The van der Waals surface area contributed by atoms with E-state index in [9.17, 15) is 13.2 Å². The van der Waals surface area contributed by atoms with Gasteiger partial charge in [0.2, 0.25) is 0 Å². The van der Waals surface area contributed by atoms with Gasteiger partial charge in [-0.2, -0.15) is 18.3 Å². The molecule has 0 spiro atoms. The second-order valence-corrected chi connectivity index (χ2v) is 5.67. The Bertz CT molecular complexity index is 635. The lowest BCUT2D eigenvalue weighted by molar-refractivity contribution is -0.137. The zero-order valence-corrected chi connectivity index (χ0v) is 12.5. The van der Waals surface area contributed by atoms with Gasteiger partial charge in [-0.1, -0.05) is 0 Å². The molecule has 1 aliphatic heterocycles. The molecule has 0 N–H and O–H groups in total. The minimum atomic E-state index is -4.40. The topological polar surface area (TPSA) is 39.9 Å². The zero-order chi connectivity index (χ0) is 14.3. The number of fused-ring (bicyclic) bond motifs is 1. The van der Waals surface area contributed by atoms with Crippen LogP contribution in [0, 0.1) is 3.70 Å². The molecule has 0 amide bonds. The third-order valence-electron chi connectivity index (χ3n) is 3.26. The fourth-order valence-electron chi connectivity index (χ4n) is 2.26. The lowest BCUT2D eigenvalue weighted by Crippen LogP contribution is -2.19. The van der Waals surface area contributed by atoms with Gasteiger partial charge < -0.3 is 4.74 Å². The third kappa shape index (κ3) is 2.50. The number of ether oxygens (including phenoxy) is 1. The lowest BCUT2D eigenvalue weighted by atomic mass is 10.2. The Kier molecular flexibility index (Phi) is 3.61. The highest BCUT2D eigenvalue weighted by Gasteiger charge is 2.32. The van der Waals surface area contributed by atoms with Crippen LogP contribution in [0.1, 0.15) is 31.1 Å². The van der Waals surface area contributed by atoms with Crippen LogP contribution >= 0.6 is 22.6 Å². The van der Waals surface area contributed by atoms with E-state index < -0.39 is 11.7 Å². The van der Waals surface area contributed by atoms with Crippen molar-refractivity contribution >= 4 is 33.6 Å². The van der Waals surface area contributed by atoms with E-state index in [4.69, 9.17) is 4.74 Å². The molecule has 4 nitrogen and oxygen atoms in total. The Balaban J connectivity index is 2.07. The summed E-state index contributed by atoms with van der Waals surface area (Å²) < 4.78 is 45.9. The van der Waals surface area contributed by atoms with Crippen molar-refractivity contribution in [3.8, 4) is 0 Å². The van der Waals surface area contributed by atoms with E-state index in [1.54, 1.807) is 4.68 Å². The summed E-state index contributed by atoms with van der Waals surface area (Å²) in [7, 11) is 0. The van der Waals surface area contributed by atoms with Gasteiger partial charge in [0.05, 0.1) is 10.9 Å². The standard InChI is InChI=1S/C12H11F3IN3O/c13-12(14,15)7-5-8-10(16)18-19(11(8)17-6-7)9-3-1-2-4-20-9/h5-6,9H,1-4H2. The van der Waals surface area contributed by atoms with Crippen LogP contribution in [0.25, 0.3) is 11.0 Å². The molecule has 1 saturated heterocycles. The van der Waals surface area contributed by atoms with Gasteiger partial charge >= 0.3 is 6.18 Å². The zero-order valence-electron chi connectivity index (χ0n) is 10.3. The van der Waals surface area contributed by atoms with Gasteiger partial charge in [0.15, 0.2) is 11.9 Å². The van der Waals surface area contributed by atoms with Gasteiger partial charge in [-0.3, -0.25) is 0 Å². The molecule has 20 heavy (non-hydrogen) atoms. The van der Waals surface area contributed by atoms with Gasteiger partial charge in [-0.25, -0.2) is 9.67 Å². The van der Waals surface area contributed by atoms with Crippen molar-refractivity contribution in [2.45, 2.75) is 31.7 Å². The van der Waals surface area contributed by atoms with E-state index in [-0.39, 0.29) is 6.23 Å². The van der Waals surface area contributed by atoms with E-state index in [2.05, 4.69) is 10.1 Å². The molecule has 3 rings (SSSR count). The van der Waals surface area contributed by atoms with Crippen molar-refractivity contribution < 1.29 is 17.9 Å². The van der Waals surface area contributed by atoms with Crippen LogP contribution in [0.5, 0.6) is 0 Å². The summed E-state index contributed by atoms with van der Waals surface area (Å²) in [5, 5.41) is 4.70. The summed E-state index contributed by atoms with van der Waals surface area (Å²) in [5.41, 5.74) is -0.318. The summed E-state index contributed by atoms with van der Waals surface area (Å²) in [6, 6.07) is 1.09. The minimum absolute atomic E-state index is 0.237. The average molecular weight is 397 g/mol. The number of hydrogen-bond acceptors (Lipinski definition) is 3. The van der Waals surface area contributed by atoms with Gasteiger partial charge in [0.25, 0.3) is 0 Å². The Morgan fingerprint density at radius 1 is 1.35 bits per heavy atom. The molecule has 0 saturated carbocycles. The number of pyridine rings is 1. The van der Waals surface area contributed by atoms with Gasteiger partial charge in [0, 0.05) is 12.8 Å². The number of nitrogens with zero attached hydrogens (tertiary/aromatic N) is 3. The van der Waals surface area contributed by atoms with Crippen LogP contribution in [0.4, 0.5) is 13.2 Å². The first-order valence-corrected chi connectivity index (χ1v) is 7.27. The van der Waals surface area contributed by atoms with E-state index in [1.807, 2.05) is 22.6 Å². The third-order valence-corrected chi connectivity index (χ3v) is 4.05. The number of hydrogen-bond donors (Lipinski definition) is 0. The predicted octanol–water partition coefficient (Wildman–Crippen LogP) is 3.75. The molecule has 3 heterocycles. The smallest absolute Gasteiger partial charge is 0.356 e. The van der Waals surface area contributed by atoms with Crippen molar-refractivity contribution in [1.82, 2.24) is 14.8 Å². The molecule has 1 aliphatic rings. The number of alkyl halides is 3. The van der Waals surface area contributed by atoms with Gasteiger partial charge in [-0.05, 0) is 47.9 Å². The molecule has 1 fully saturated rings. The molecule has 8 heteroatoms. The van der Waals surface area contributed by atoms with E-state index >= 15 is 0 Å². The Morgan fingerprint density at radius 3 is 2.80 bits per heavy atom. The van der Waals surface area contributed by atoms with Gasteiger partial charge in [-0.15, -0.1) is 0 Å². The molecule has 2 aromatic rings. The Labute approximate surface area is 126 Å². The van der Waals surface area contributed by atoms with Crippen LogP contribution in [-0.2, 0) is 10.9 Å². The normalized spacial score (nSPS) is 20.5. The molecule has 0 aliphatic carbocycles. The maximum Gasteiger partial charge on any atom is 0.417 e. The summed E-state index contributed by atoms with van der Waals surface area (Å²) in [6.45, 7) is 0.642. The predicted molar refractivity (Wildman–Crippen MR) is 74.1 cm³/mol. The summed E-state index contributed by atoms with van der Waals surface area (Å²) in [5.74, 6) is 0. The van der Waals surface area contributed by atoms with Crippen molar-refractivity contribution in [2.75, 3.05) is 6.61 Å². The highest BCUT2D eigenvalue weighted by atomic mass is 127. The average Bonchev–Trinajstić information content (AvgIpc) is 2.76. The van der Waals surface area contributed by atoms with Crippen LogP contribution in [-0.4, -0.2) is 21.4 Å². The first kappa shape index (κ1) is 14.1. The molecular weight excluding hydrogens is 386 g/mol. The lowest BCUT2D eigenvalue weighted by Gasteiger charge is -2.22. The van der Waals surface area contributed by atoms with E-state index in [1.165, 1.54) is 0 Å². The maximum atomic E-state index is 12.7. The molecule has 2 aromatic heterocycles. The highest BCUT2D eigenvalue weighted by molar-refractivity contribution is 14.1. The number of rotatable bonds is 1. The van der Waals surface area contributed by atoms with Crippen LogP contribution in [0.2, 0.25) is 0 Å². The fraction of sp³-hybridized carbons (Fsp3) is 0.500. The SMILES string of the molecule is FC(F)(F)c1cnc2c(c1)c(I)nn2C1CCCCO1. The molecular formula is C12H11F3IN3O. The van der Waals surface area contributed by atoms with Crippen molar-refractivity contribution in [3.05, 3.63) is 21.5 Å². The van der Waals surface area contributed by atoms with E-state index in [0.29, 0.717) is 21.3 Å². The first-order valence-electron chi connectivity index (χ1n) is 6.19. The molecule has 108 valence electrons. The second kappa shape index (κ2) is 5.14. The molecule has 0 radical (unpaired) electrons. The van der Waals surface area contributed by atoms with Crippen molar-refractivity contribution in [2.24, 2.45) is 0 Å².